The van der Waals surface area contributed by atoms with Gasteiger partial charge < -0.3 is 0 Å². The molecule has 0 saturated carbocycles. The highest BCUT2D eigenvalue weighted by atomic mass is 32.1. The third kappa shape index (κ3) is 2.73. The van der Waals surface area contributed by atoms with Gasteiger partial charge in [0.1, 0.15) is 0 Å². The molecule has 0 unspecified atom stereocenters. The van der Waals surface area contributed by atoms with E-state index >= 15 is 0 Å². The first-order chi connectivity index (χ1) is 11.8. The molecule has 0 bridgehead atoms. The van der Waals surface area contributed by atoms with Gasteiger partial charge in [-0.15, -0.1) is 22.7 Å². The number of carbonyl (C=O) groups is 1. The maximum atomic E-state index is 13.2. The Morgan fingerprint density at radius 3 is 1.42 bits per heavy atom. The van der Waals surface area contributed by atoms with Crippen molar-refractivity contribution >= 4 is 28.5 Å². The molecular formula is C21H14OS2. The minimum atomic E-state index is 0.109. The molecule has 4 aromatic rings. The Hall–Kier alpha value is -2.49. The minimum absolute atomic E-state index is 0.109. The molecule has 4 rings (SSSR count). The smallest absolute Gasteiger partial charge is 0.214 e. The maximum absolute atomic E-state index is 13.2. The van der Waals surface area contributed by atoms with E-state index in [-0.39, 0.29) is 5.78 Å². The highest BCUT2D eigenvalue weighted by molar-refractivity contribution is 7.16. The van der Waals surface area contributed by atoms with E-state index in [9.17, 15) is 4.79 Å². The zero-order valence-electron chi connectivity index (χ0n) is 12.8. The normalized spacial score (nSPS) is 10.7. The first kappa shape index (κ1) is 15.1. The number of carbonyl (C=O) groups excluding carboxylic acids is 1. The Bertz CT molecular complexity index is 886. The molecule has 2 aromatic heterocycles. The number of benzene rings is 2. The van der Waals surface area contributed by atoms with Crippen LogP contribution in [-0.4, -0.2) is 5.78 Å². The van der Waals surface area contributed by atoms with Crippen molar-refractivity contribution in [2.24, 2.45) is 0 Å². The first-order valence-electron chi connectivity index (χ1n) is 7.65. The van der Waals surface area contributed by atoms with E-state index in [1.807, 2.05) is 83.6 Å². The summed E-state index contributed by atoms with van der Waals surface area (Å²) in [5.41, 5.74) is 4.19. The molecule has 0 spiro atoms. The monoisotopic (exact) mass is 346 g/mol. The van der Waals surface area contributed by atoms with E-state index in [4.69, 9.17) is 0 Å². The lowest BCUT2D eigenvalue weighted by Gasteiger charge is -2.05. The Morgan fingerprint density at radius 1 is 0.583 bits per heavy atom. The van der Waals surface area contributed by atoms with E-state index in [1.165, 1.54) is 22.7 Å². The predicted octanol–water partition coefficient (Wildman–Crippen LogP) is 6.37. The van der Waals surface area contributed by atoms with Gasteiger partial charge in [-0.1, -0.05) is 60.7 Å². The van der Waals surface area contributed by atoms with Crippen LogP contribution in [0.25, 0.3) is 22.3 Å². The second-order valence-electron chi connectivity index (χ2n) is 5.39. The van der Waals surface area contributed by atoms with Crippen LogP contribution in [-0.2, 0) is 0 Å². The van der Waals surface area contributed by atoms with Gasteiger partial charge in [-0.3, -0.25) is 4.79 Å². The summed E-state index contributed by atoms with van der Waals surface area (Å²) < 4.78 is 0. The summed E-state index contributed by atoms with van der Waals surface area (Å²) >= 11 is 3.02. The summed E-state index contributed by atoms with van der Waals surface area (Å²) in [5, 5.41) is 3.98. The van der Waals surface area contributed by atoms with Gasteiger partial charge in [0.2, 0.25) is 5.78 Å². The highest BCUT2D eigenvalue weighted by Crippen LogP contribution is 2.35. The molecule has 24 heavy (non-hydrogen) atoms. The zero-order chi connectivity index (χ0) is 16.4. The van der Waals surface area contributed by atoms with Crippen LogP contribution in [0.3, 0.4) is 0 Å². The molecule has 0 aliphatic carbocycles. The molecule has 116 valence electrons. The van der Waals surface area contributed by atoms with Crippen LogP contribution in [0.2, 0.25) is 0 Å². The van der Waals surface area contributed by atoms with Gasteiger partial charge in [0, 0.05) is 11.1 Å². The second kappa shape index (κ2) is 6.56. The molecule has 0 aliphatic heterocycles. The van der Waals surface area contributed by atoms with E-state index in [0.29, 0.717) is 0 Å². The van der Waals surface area contributed by atoms with Crippen molar-refractivity contribution < 1.29 is 4.79 Å². The Labute approximate surface area is 148 Å². The largest absolute Gasteiger partial charge is 0.287 e. The first-order valence-corrected chi connectivity index (χ1v) is 9.41. The highest BCUT2D eigenvalue weighted by Gasteiger charge is 2.21. The minimum Gasteiger partial charge on any atom is -0.287 e. The number of thiophene rings is 2. The van der Waals surface area contributed by atoms with Gasteiger partial charge in [-0.2, -0.15) is 0 Å². The van der Waals surface area contributed by atoms with Gasteiger partial charge in [0.25, 0.3) is 0 Å². The molecule has 0 amide bonds. The topological polar surface area (TPSA) is 17.1 Å². The fourth-order valence-electron chi connectivity index (χ4n) is 2.76. The Balaban J connectivity index is 1.78. The summed E-state index contributed by atoms with van der Waals surface area (Å²) in [6, 6.07) is 24.2. The Kier molecular flexibility index (Phi) is 4.11. The van der Waals surface area contributed by atoms with Crippen molar-refractivity contribution in [3.63, 3.8) is 0 Å². The molecule has 0 aliphatic rings. The van der Waals surface area contributed by atoms with Gasteiger partial charge in [0.15, 0.2) is 0 Å². The van der Waals surface area contributed by atoms with Crippen molar-refractivity contribution in [2.75, 3.05) is 0 Å². The van der Waals surface area contributed by atoms with Crippen molar-refractivity contribution in [1.29, 1.82) is 0 Å². The van der Waals surface area contributed by atoms with Crippen LogP contribution >= 0.6 is 22.7 Å². The number of rotatable bonds is 4. The SMILES string of the molecule is O=C(c1sccc1-c1ccccc1)c1sccc1-c1ccccc1. The Morgan fingerprint density at radius 2 is 1.00 bits per heavy atom. The van der Waals surface area contributed by atoms with E-state index in [0.717, 1.165) is 32.0 Å². The van der Waals surface area contributed by atoms with Gasteiger partial charge in [0.05, 0.1) is 9.75 Å². The van der Waals surface area contributed by atoms with Crippen molar-refractivity contribution in [3.8, 4) is 22.3 Å². The summed E-state index contributed by atoms with van der Waals surface area (Å²) in [7, 11) is 0. The predicted molar refractivity (Wildman–Crippen MR) is 103 cm³/mol. The molecule has 2 heterocycles. The van der Waals surface area contributed by atoms with Crippen molar-refractivity contribution in [2.45, 2.75) is 0 Å². The molecule has 3 heteroatoms. The second-order valence-corrected chi connectivity index (χ2v) is 7.22. The quantitative estimate of drug-likeness (QED) is 0.392. The number of ketones is 1. The lowest BCUT2D eigenvalue weighted by Crippen LogP contribution is -1.99. The van der Waals surface area contributed by atoms with Crippen LogP contribution in [0, 0.1) is 0 Å². The van der Waals surface area contributed by atoms with Crippen molar-refractivity contribution in [1.82, 2.24) is 0 Å². The average Bonchev–Trinajstić information content (AvgIpc) is 3.32. The molecule has 0 radical (unpaired) electrons. The molecule has 0 N–H and O–H groups in total. The summed E-state index contributed by atoms with van der Waals surface area (Å²) in [5.74, 6) is 0.109. The average molecular weight is 346 g/mol. The molecule has 0 saturated heterocycles. The van der Waals surface area contributed by atoms with Crippen molar-refractivity contribution in [3.05, 3.63) is 93.3 Å². The van der Waals surface area contributed by atoms with Crippen LogP contribution in [0.4, 0.5) is 0 Å². The van der Waals surface area contributed by atoms with Gasteiger partial charge >= 0.3 is 0 Å². The molecule has 1 nitrogen and oxygen atoms in total. The zero-order valence-corrected chi connectivity index (χ0v) is 14.4. The maximum Gasteiger partial charge on any atom is 0.214 e. The summed E-state index contributed by atoms with van der Waals surface area (Å²) in [6.07, 6.45) is 0. The summed E-state index contributed by atoms with van der Waals surface area (Å²) in [6.45, 7) is 0. The fraction of sp³-hybridized carbons (Fsp3) is 0. The van der Waals surface area contributed by atoms with Gasteiger partial charge in [-0.05, 0) is 34.0 Å². The molecular weight excluding hydrogens is 332 g/mol. The lowest BCUT2D eigenvalue weighted by atomic mass is 10.0. The molecule has 2 aromatic carbocycles. The third-order valence-electron chi connectivity index (χ3n) is 3.91. The van der Waals surface area contributed by atoms with E-state index in [1.54, 1.807) is 0 Å². The molecule has 0 atom stereocenters. The van der Waals surface area contributed by atoms with Crippen LogP contribution in [0.15, 0.2) is 83.6 Å². The van der Waals surface area contributed by atoms with E-state index in [2.05, 4.69) is 0 Å². The lowest BCUT2D eigenvalue weighted by molar-refractivity contribution is 0.104. The van der Waals surface area contributed by atoms with Crippen LogP contribution in [0.5, 0.6) is 0 Å². The fourth-order valence-corrected chi connectivity index (χ4v) is 4.55. The van der Waals surface area contributed by atoms with Crippen LogP contribution < -0.4 is 0 Å². The molecule has 0 fully saturated rings. The number of hydrogen-bond acceptors (Lipinski definition) is 3. The third-order valence-corrected chi connectivity index (χ3v) is 5.74. The van der Waals surface area contributed by atoms with Gasteiger partial charge in [-0.25, -0.2) is 0 Å². The van der Waals surface area contributed by atoms with E-state index < -0.39 is 0 Å². The van der Waals surface area contributed by atoms with Crippen LogP contribution in [0.1, 0.15) is 14.5 Å². The standard InChI is InChI=1S/C21H14OS2/c22-19(20-17(11-13-23-20)15-7-3-1-4-8-15)21-18(12-14-24-21)16-9-5-2-6-10-16/h1-14H. The number of hydrogen-bond donors (Lipinski definition) is 0. The summed E-state index contributed by atoms with van der Waals surface area (Å²) in [4.78, 5) is 14.8.